The van der Waals surface area contributed by atoms with E-state index in [-0.39, 0.29) is 25.2 Å². The molecule has 0 aliphatic heterocycles. The van der Waals surface area contributed by atoms with Gasteiger partial charge in [0.05, 0.1) is 19.4 Å². The van der Waals surface area contributed by atoms with Crippen LogP contribution in [0.2, 0.25) is 0 Å². The maximum Gasteiger partial charge on any atom is 0.391 e. The van der Waals surface area contributed by atoms with Gasteiger partial charge in [-0.1, -0.05) is 18.6 Å². The predicted molar refractivity (Wildman–Crippen MR) is 76.6 cm³/mol. The maximum absolute atomic E-state index is 12.8. The minimum atomic E-state index is -4.17. The first-order valence-electron chi connectivity index (χ1n) is 7.37. The summed E-state index contributed by atoms with van der Waals surface area (Å²) in [5, 5.41) is 2.73. The number of carbonyl (C=O) groups is 1. The van der Waals surface area contributed by atoms with Gasteiger partial charge < -0.3 is 10.1 Å². The van der Waals surface area contributed by atoms with Crippen LogP contribution >= 0.6 is 0 Å². The van der Waals surface area contributed by atoms with E-state index in [1.807, 2.05) is 0 Å². The van der Waals surface area contributed by atoms with Gasteiger partial charge >= 0.3 is 6.18 Å². The summed E-state index contributed by atoms with van der Waals surface area (Å²) in [5.41, 5.74) is 0.778. The van der Waals surface area contributed by atoms with Crippen LogP contribution in [-0.2, 0) is 11.2 Å². The largest absolute Gasteiger partial charge is 0.497 e. The Balaban J connectivity index is 1.88. The number of hydrogen-bond acceptors (Lipinski definition) is 2. The molecule has 1 amide bonds. The highest BCUT2D eigenvalue weighted by molar-refractivity contribution is 5.79. The topological polar surface area (TPSA) is 38.3 Å². The normalized spacial score (nSPS) is 22.2. The van der Waals surface area contributed by atoms with Crippen LogP contribution in [0.15, 0.2) is 24.3 Å². The molecule has 122 valence electrons. The van der Waals surface area contributed by atoms with Gasteiger partial charge in [-0.25, -0.2) is 0 Å². The summed E-state index contributed by atoms with van der Waals surface area (Å²) < 4.78 is 43.3. The highest BCUT2D eigenvalue weighted by Crippen LogP contribution is 2.37. The lowest BCUT2D eigenvalue weighted by atomic mass is 9.85. The molecule has 1 fully saturated rings. The van der Waals surface area contributed by atoms with Gasteiger partial charge in [-0.05, 0) is 37.0 Å². The number of amides is 1. The average Bonchev–Trinajstić information content (AvgIpc) is 2.46. The molecule has 0 radical (unpaired) electrons. The van der Waals surface area contributed by atoms with Crippen molar-refractivity contribution in [1.82, 2.24) is 5.32 Å². The number of carbonyl (C=O) groups excluding carboxylic acids is 1. The molecule has 1 aromatic carbocycles. The molecular weight excluding hydrogens is 295 g/mol. The Labute approximate surface area is 127 Å². The van der Waals surface area contributed by atoms with Crippen molar-refractivity contribution < 1.29 is 22.7 Å². The fourth-order valence-corrected chi connectivity index (χ4v) is 2.86. The summed E-state index contributed by atoms with van der Waals surface area (Å²) in [6.45, 7) is 0. The summed E-state index contributed by atoms with van der Waals surface area (Å²) in [5.74, 6) is -0.899. The van der Waals surface area contributed by atoms with Gasteiger partial charge in [-0.15, -0.1) is 0 Å². The van der Waals surface area contributed by atoms with Gasteiger partial charge in [-0.2, -0.15) is 13.2 Å². The third-order valence-electron chi connectivity index (χ3n) is 4.00. The zero-order valence-corrected chi connectivity index (χ0v) is 12.5. The Morgan fingerprint density at radius 3 is 2.82 bits per heavy atom. The number of halogens is 3. The molecule has 2 atom stereocenters. The molecule has 3 nitrogen and oxygen atoms in total. The smallest absolute Gasteiger partial charge is 0.391 e. The van der Waals surface area contributed by atoms with Crippen LogP contribution in [-0.4, -0.2) is 25.2 Å². The second-order valence-electron chi connectivity index (χ2n) is 5.70. The third-order valence-corrected chi connectivity index (χ3v) is 4.00. The summed E-state index contributed by atoms with van der Waals surface area (Å²) in [6.07, 6.45) is -2.79. The van der Waals surface area contributed by atoms with Gasteiger partial charge in [0.15, 0.2) is 0 Å². The molecule has 0 spiro atoms. The van der Waals surface area contributed by atoms with Crippen LogP contribution in [0.5, 0.6) is 5.75 Å². The van der Waals surface area contributed by atoms with E-state index < -0.39 is 18.1 Å². The van der Waals surface area contributed by atoms with Gasteiger partial charge in [0.25, 0.3) is 0 Å². The Bertz CT molecular complexity index is 516. The first-order valence-corrected chi connectivity index (χ1v) is 7.37. The fourth-order valence-electron chi connectivity index (χ4n) is 2.86. The average molecular weight is 315 g/mol. The molecule has 1 aliphatic rings. The second kappa shape index (κ2) is 7.03. The zero-order chi connectivity index (χ0) is 16.2. The summed E-state index contributed by atoms with van der Waals surface area (Å²) in [7, 11) is 1.54. The molecule has 0 heterocycles. The van der Waals surface area contributed by atoms with E-state index in [0.717, 1.165) is 5.56 Å². The molecule has 0 unspecified atom stereocenters. The molecule has 22 heavy (non-hydrogen) atoms. The van der Waals surface area contributed by atoms with Crippen LogP contribution < -0.4 is 10.1 Å². The molecule has 1 N–H and O–H groups in total. The number of benzene rings is 1. The Kier molecular flexibility index (Phi) is 5.32. The SMILES string of the molecule is COc1cccc(CC(=O)N[C@H]2CCC[C@@H](C(F)(F)F)C2)c1. The summed E-state index contributed by atoms with van der Waals surface area (Å²) in [4.78, 5) is 12.0. The minimum absolute atomic E-state index is 0.0205. The van der Waals surface area contributed by atoms with E-state index in [1.165, 1.54) is 0 Å². The zero-order valence-electron chi connectivity index (χ0n) is 12.5. The monoisotopic (exact) mass is 315 g/mol. The van der Waals surface area contributed by atoms with Crippen LogP contribution in [0, 0.1) is 5.92 Å². The van der Waals surface area contributed by atoms with Gasteiger partial charge in [0, 0.05) is 6.04 Å². The Morgan fingerprint density at radius 1 is 1.36 bits per heavy atom. The lowest BCUT2D eigenvalue weighted by molar-refractivity contribution is -0.184. The highest BCUT2D eigenvalue weighted by atomic mass is 19.4. The van der Waals surface area contributed by atoms with Crippen LogP contribution in [0.3, 0.4) is 0 Å². The second-order valence-corrected chi connectivity index (χ2v) is 5.70. The van der Waals surface area contributed by atoms with Gasteiger partial charge in [0.2, 0.25) is 5.91 Å². The van der Waals surface area contributed by atoms with Gasteiger partial charge in [-0.3, -0.25) is 4.79 Å². The Hall–Kier alpha value is -1.72. The van der Waals surface area contributed by atoms with E-state index in [9.17, 15) is 18.0 Å². The van der Waals surface area contributed by atoms with Crippen LogP contribution in [0.25, 0.3) is 0 Å². The van der Waals surface area contributed by atoms with Crippen molar-refractivity contribution in [1.29, 1.82) is 0 Å². The van der Waals surface area contributed by atoms with Crippen molar-refractivity contribution in [3.05, 3.63) is 29.8 Å². The molecule has 1 aromatic rings. The van der Waals surface area contributed by atoms with E-state index in [1.54, 1.807) is 31.4 Å². The molecule has 2 rings (SSSR count). The van der Waals surface area contributed by atoms with Crippen molar-refractivity contribution in [2.24, 2.45) is 5.92 Å². The molecule has 6 heteroatoms. The van der Waals surface area contributed by atoms with E-state index in [2.05, 4.69) is 5.32 Å². The molecule has 1 saturated carbocycles. The summed E-state index contributed by atoms with van der Waals surface area (Å²) in [6, 6.07) is 6.71. The first-order chi connectivity index (χ1) is 10.4. The first kappa shape index (κ1) is 16.6. The highest BCUT2D eigenvalue weighted by Gasteiger charge is 2.42. The number of alkyl halides is 3. The van der Waals surface area contributed by atoms with E-state index in [0.29, 0.717) is 18.6 Å². The number of rotatable bonds is 4. The number of ether oxygens (including phenoxy) is 1. The van der Waals surface area contributed by atoms with Crippen molar-refractivity contribution in [3.8, 4) is 5.75 Å². The van der Waals surface area contributed by atoms with Gasteiger partial charge in [0.1, 0.15) is 5.75 Å². The summed E-state index contributed by atoms with van der Waals surface area (Å²) >= 11 is 0. The maximum atomic E-state index is 12.8. The number of hydrogen-bond donors (Lipinski definition) is 1. The number of methoxy groups -OCH3 is 1. The standard InChI is InChI=1S/C16H20F3NO2/c1-22-14-7-2-4-11(8-14)9-15(21)20-13-6-3-5-12(10-13)16(17,18)19/h2,4,7-8,12-13H,3,5-6,9-10H2,1H3,(H,20,21)/t12-,13+/m1/s1. The molecular formula is C16H20F3NO2. The molecule has 0 bridgehead atoms. The van der Waals surface area contributed by atoms with E-state index >= 15 is 0 Å². The van der Waals surface area contributed by atoms with Crippen molar-refractivity contribution >= 4 is 5.91 Å². The predicted octanol–water partition coefficient (Wildman–Crippen LogP) is 3.48. The lowest BCUT2D eigenvalue weighted by Gasteiger charge is -2.31. The molecule has 0 aromatic heterocycles. The quantitative estimate of drug-likeness (QED) is 0.924. The van der Waals surface area contributed by atoms with E-state index in [4.69, 9.17) is 4.74 Å². The fraction of sp³-hybridized carbons (Fsp3) is 0.562. The van der Waals surface area contributed by atoms with Crippen LogP contribution in [0.4, 0.5) is 13.2 Å². The van der Waals surface area contributed by atoms with Crippen molar-refractivity contribution in [2.75, 3.05) is 7.11 Å². The minimum Gasteiger partial charge on any atom is -0.497 e. The van der Waals surface area contributed by atoms with Crippen molar-refractivity contribution in [3.63, 3.8) is 0 Å². The Morgan fingerprint density at radius 2 is 2.14 bits per heavy atom. The molecule has 1 aliphatic carbocycles. The van der Waals surface area contributed by atoms with Crippen LogP contribution in [0.1, 0.15) is 31.2 Å². The number of nitrogens with one attached hydrogen (secondary N) is 1. The van der Waals surface area contributed by atoms with Crippen molar-refractivity contribution in [2.45, 2.75) is 44.3 Å². The third kappa shape index (κ3) is 4.64. The molecule has 0 saturated heterocycles. The lowest BCUT2D eigenvalue weighted by Crippen LogP contribution is -2.42.